The average Bonchev–Trinajstić information content (AvgIpc) is 3.03. The molecule has 0 bridgehead atoms. The lowest BCUT2D eigenvalue weighted by Gasteiger charge is -2.33. The van der Waals surface area contributed by atoms with Crippen molar-refractivity contribution in [2.45, 2.75) is 11.8 Å². The number of hydrogen-bond acceptors (Lipinski definition) is 4. The van der Waals surface area contributed by atoms with Crippen LogP contribution in [0.3, 0.4) is 0 Å². The number of aryl methyl sites for hydroxylation is 1. The van der Waals surface area contributed by atoms with E-state index in [1.165, 1.54) is 23.1 Å². The van der Waals surface area contributed by atoms with Crippen LogP contribution in [-0.2, 0) is 10.0 Å². The first-order chi connectivity index (χ1) is 14.2. The molecule has 0 radical (unpaired) electrons. The van der Waals surface area contributed by atoms with Gasteiger partial charge in [-0.15, -0.1) is 0 Å². The number of hydrogen-bond donors (Lipinski definition) is 0. The van der Waals surface area contributed by atoms with Crippen LogP contribution in [0, 0.1) is 24.4 Å². The van der Waals surface area contributed by atoms with Gasteiger partial charge in [0.15, 0.2) is 10.7 Å². The van der Waals surface area contributed by atoms with Gasteiger partial charge in [-0.05, 0) is 37.3 Å². The topological polar surface area (TPSA) is 70.8 Å². The highest BCUT2D eigenvalue weighted by Crippen LogP contribution is 2.28. The molecule has 0 aliphatic carbocycles. The Morgan fingerprint density at radius 1 is 1.00 bits per heavy atom. The molecular weight excluding hydrogens is 421 g/mol. The molecule has 0 unspecified atom stereocenters. The van der Waals surface area contributed by atoms with Gasteiger partial charge in [0.05, 0.1) is 0 Å². The van der Waals surface area contributed by atoms with Gasteiger partial charge in [0.2, 0.25) is 10.0 Å². The Labute approximate surface area is 170 Å². The summed E-state index contributed by atoms with van der Waals surface area (Å²) in [5.74, 6) is -3.20. The van der Waals surface area contributed by atoms with Crippen molar-refractivity contribution in [3.05, 3.63) is 65.2 Å². The first kappa shape index (κ1) is 20.4. The number of fused-ring (bicyclic) bond motifs is 1. The van der Waals surface area contributed by atoms with E-state index < -0.39 is 38.3 Å². The highest BCUT2D eigenvalue weighted by molar-refractivity contribution is 7.89. The van der Waals surface area contributed by atoms with E-state index in [1.54, 1.807) is 6.92 Å². The van der Waals surface area contributed by atoms with Gasteiger partial charge in [0, 0.05) is 37.1 Å². The molecule has 30 heavy (non-hydrogen) atoms. The first-order valence-corrected chi connectivity index (χ1v) is 10.6. The fourth-order valence-corrected chi connectivity index (χ4v) is 5.06. The van der Waals surface area contributed by atoms with Crippen molar-refractivity contribution in [3.8, 4) is 0 Å². The molecule has 0 N–H and O–H groups in total. The molecule has 6 nitrogen and oxygen atoms in total. The van der Waals surface area contributed by atoms with Gasteiger partial charge in [-0.2, -0.15) is 4.31 Å². The Kier molecular flexibility index (Phi) is 5.07. The van der Waals surface area contributed by atoms with Crippen LogP contribution in [0.5, 0.6) is 0 Å². The van der Waals surface area contributed by atoms with Crippen LogP contribution in [-0.4, -0.2) is 49.7 Å². The quantitative estimate of drug-likeness (QED) is 0.629. The zero-order valence-corrected chi connectivity index (χ0v) is 16.7. The van der Waals surface area contributed by atoms with Crippen LogP contribution in [0.2, 0.25) is 0 Å². The van der Waals surface area contributed by atoms with E-state index >= 15 is 0 Å². The van der Waals surface area contributed by atoms with E-state index in [0.717, 1.165) is 22.5 Å². The zero-order chi connectivity index (χ0) is 21.6. The molecule has 158 valence electrons. The van der Waals surface area contributed by atoms with Crippen LogP contribution in [0.15, 0.2) is 45.7 Å². The van der Waals surface area contributed by atoms with Crippen LogP contribution in [0.25, 0.3) is 11.0 Å². The van der Waals surface area contributed by atoms with Gasteiger partial charge in [0.1, 0.15) is 23.0 Å². The third kappa shape index (κ3) is 3.35. The fraction of sp³-hybridized carbons (Fsp3) is 0.250. The molecule has 1 aliphatic rings. The van der Waals surface area contributed by atoms with Gasteiger partial charge in [-0.25, -0.2) is 21.6 Å². The molecule has 2 aromatic carbocycles. The minimum Gasteiger partial charge on any atom is -0.451 e. The Morgan fingerprint density at radius 2 is 1.63 bits per heavy atom. The van der Waals surface area contributed by atoms with Crippen molar-refractivity contribution in [3.63, 3.8) is 0 Å². The summed E-state index contributed by atoms with van der Waals surface area (Å²) in [6.07, 6.45) is 0. The molecule has 1 aliphatic heterocycles. The van der Waals surface area contributed by atoms with Crippen LogP contribution >= 0.6 is 0 Å². The number of sulfonamides is 1. The Hall–Kier alpha value is -2.85. The number of benzene rings is 2. The lowest BCUT2D eigenvalue weighted by molar-refractivity contribution is 0.0667. The van der Waals surface area contributed by atoms with Gasteiger partial charge in [-0.1, -0.05) is 6.07 Å². The number of furan rings is 1. The first-order valence-electron chi connectivity index (χ1n) is 9.12. The summed E-state index contributed by atoms with van der Waals surface area (Å²) in [6.45, 7) is 1.41. The van der Waals surface area contributed by atoms with E-state index in [1.807, 2.05) is 0 Å². The molecule has 4 rings (SSSR count). The minimum atomic E-state index is -4.39. The Balaban J connectivity index is 1.54. The fourth-order valence-electron chi connectivity index (χ4n) is 3.53. The second-order valence-corrected chi connectivity index (χ2v) is 8.82. The molecule has 1 amide bonds. The molecule has 0 saturated carbocycles. The normalized spacial score (nSPS) is 15.7. The molecule has 0 spiro atoms. The van der Waals surface area contributed by atoms with E-state index in [-0.39, 0.29) is 31.9 Å². The maximum atomic E-state index is 14.0. The van der Waals surface area contributed by atoms with Crippen LogP contribution in [0.1, 0.15) is 16.1 Å². The molecular formula is C20H17F3N2O4S. The Bertz CT molecular complexity index is 1230. The molecule has 1 aromatic heterocycles. The maximum absolute atomic E-state index is 14.0. The Morgan fingerprint density at radius 3 is 2.27 bits per heavy atom. The summed E-state index contributed by atoms with van der Waals surface area (Å²) in [4.78, 5) is 13.3. The second-order valence-electron chi connectivity index (χ2n) is 6.94. The van der Waals surface area contributed by atoms with E-state index in [9.17, 15) is 26.4 Å². The minimum absolute atomic E-state index is 0.0129. The molecule has 2 heterocycles. The highest BCUT2D eigenvalue weighted by Gasteiger charge is 2.35. The zero-order valence-electron chi connectivity index (χ0n) is 15.9. The summed E-state index contributed by atoms with van der Waals surface area (Å²) in [7, 11) is -4.39. The van der Waals surface area contributed by atoms with Crippen LogP contribution in [0.4, 0.5) is 13.2 Å². The molecule has 1 saturated heterocycles. The van der Waals surface area contributed by atoms with E-state index in [4.69, 9.17) is 4.42 Å². The number of rotatable bonds is 3. The number of amides is 1. The summed E-state index contributed by atoms with van der Waals surface area (Å²) < 4.78 is 73.2. The lowest BCUT2D eigenvalue weighted by Crippen LogP contribution is -2.50. The summed E-state index contributed by atoms with van der Waals surface area (Å²) >= 11 is 0. The molecule has 0 atom stereocenters. The number of piperazine rings is 1. The number of nitrogens with zero attached hydrogens (tertiary/aromatic N) is 2. The number of halogens is 3. The smallest absolute Gasteiger partial charge is 0.289 e. The standard InChI is InChI=1S/C20H17F3N2O4S/c1-12-14-11-13(21)5-6-17(14)29-18(12)20(26)24-7-9-25(10-8-24)30(27,28)19-15(22)3-2-4-16(19)23/h2-6,11H,7-10H2,1H3. The summed E-state index contributed by atoms with van der Waals surface area (Å²) in [5.41, 5.74) is 0.853. The largest absolute Gasteiger partial charge is 0.451 e. The highest BCUT2D eigenvalue weighted by atomic mass is 32.2. The van der Waals surface area contributed by atoms with Crippen LogP contribution < -0.4 is 0 Å². The number of carbonyl (C=O) groups excluding carboxylic acids is 1. The van der Waals surface area contributed by atoms with Crippen molar-refractivity contribution < 1.29 is 30.8 Å². The third-order valence-electron chi connectivity index (χ3n) is 5.14. The van der Waals surface area contributed by atoms with Crippen molar-refractivity contribution in [2.75, 3.05) is 26.2 Å². The number of carbonyl (C=O) groups is 1. The van der Waals surface area contributed by atoms with E-state index in [0.29, 0.717) is 16.5 Å². The lowest BCUT2D eigenvalue weighted by atomic mass is 10.1. The summed E-state index contributed by atoms with van der Waals surface area (Å²) in [5, 5.41) is 0.481. The predicted molar refractivity (Wildman–Crippen MR) is 102 cm³/mol. The van der Waals surface area contributed by atoms with Crippen molar-refractivity contribution in [2.24, 2.45) is 0 Å². The SMILES string of the molecule is Cc1c(C(=O)N2CCN(S(=O)(=O)c3c(F)cccc3F)CC2)oc2ccc(F)cc12. The van der Waals surface area contributed by atoms with Gasteiger partial charge in [0.25, 0.3) is 5.91 Å². The average molecular weight is 438 g/mol. The summed E-state index contributed by atoms with van der Waals surface area (Å²) in [6, 6.07) is 6.78. The predicted octanol–water partition coefficient (Wildman–Crippen LogP) is 3.31. The monoisotopic (exact) mass is 438 g/mol. The molecule has 3 aromatic rings. The molecule has 10 heteroatoms. The van der Waals surface area contributed by atoms with Crippen molar-refractivity contribution in [1.29, 1.82) is 0 Å². The van der Waals surface area contributed by atoms with Gasteiger partial charge < -0.3 is 9.32 Å². The third-order valence-corrected chi connectivity index (χ3v) is 7.09. The van der Waals surface area contributed by atoms with E-state index in [2.05, 4.69) is 0 Å². The maximum Gasteiger partial charge on any atom is 0.289 e. The van der Waals surface area contributed by atoms with Gasteiger partial charge in [-0.3, -0.25) is 4.79 Å². The second kappa shape index (κ2) is 7.44. The van der Waals surface area contributed by atoms with Gasteiger partial charge >= 0.3 is 0 Å². The molecule has 1 fully saturated rings. The van der Waals surface area contributed by atoms with Crippen molar-refractivity contribution >= 4 is 26.9 Å². The van der Waals surface area contributed by atoms with Crippen molar-refractivity contribution in [1.82, 2.24) is 9.21 Å².